The van der Waals surface area contributed by atoms with Crippen LogP contribution in [0.15, 0.2) is 253 Å². The molecule has 6 aliphatic rings. The van der Waals surface area contributed by atoms with Gasteiger partial charge in [-0.3, -0.25) is 9.59 Å². The highest BCUT2D eigenvalue weighted by Gasteiger charge is 2.33. The predicted molar refractivity (Wildman–Crippen MR) is 517 cm³/mol. The lowest BCUT2D eigenvalue weighted by Crippen LogP contribution is -2.41. The number of aromatic nitrogens is 6. The number of carbonyl (C=O) groups excluding carboxylic acids is 2. The zero-order valence-electron chi connectivity index (χ0n) is 74.6. The van der Waals surface area contributed by atoms with Crippen LogP contribution in [0.4, 0.5) is 17.1 Å². The van der Waals surface area contributed by atoms with Crippen LogP contribution in [0.3, 0.4) is 0 Å². The lowest BCUT2D eigenvalue weighted by atomic mass is 10.0. The number of rotatable bonds is 21. The Morgan fingerprint density at radius 1 is 0.375 bits per heavy atom. The zero-order valence-corrected chi connectivity index (χ0v) is 76.3. The largest absolute Gasteiger partial charge is 0.489 e. The number of morpholine rings is 3. The van der Waals surface area contributed by atoms with Gasteiger partial charge in [0, 0.05) is 149 Å². The van der Waals surface area contributed by atoms with E-state index in [0.717, 1.165) is 145 Å². The molecule has 686 valence electrons. The number of nitrogens with zero attached hydrogens (tertiary/aromatic N) is 15. The van der Waals surface area contributed by atoms with Crippen molar-refractivity contribution in [3.63, 3.8) is 0 Å². The fraction of sp³-hybridized carbons (Fsp3) is 0.276. The summed E-state index contributed by atoms with van der Waals surface area (Å²) in [5, 5.41) is 53.3. The van der Waals surface area contributed by atoms with E-state index in [1.54, 1.807) is 101 Å². The maximum Gasteiger partial charge on any atom is 0.269 e. The van der Waals surface area contributed by atoms with Crippen molar-refractivity contribution >= 4 is 82.0 Å². The maximum absolute atomic E-state index is 14.3. The van der Waals surface area contributed by atoms with Crippen molar-refractivity contribution in [1.82, 2.24) is 43.0 Å². The Hall–Kier alpha value is -15.2. The molecule has 31 heteroatoms. The van der Waals surface area contributed by atoms with E-state index in [2.05, 4.69) is 88.5 Å². The van der Waals surface area contributed by atoms with Gasteiger partial charge in [-0.2, -0.15) is 26.3 Å². The molecule has 6 fully saturated rings. The van der Waals surface area contributed by atoms with Gasteiger partial charge in [-0.25, -0.2) is 39.7 Å². The van der Waals surface area contributed by atoms with Crippen molar-refractivity contribution in [2.45, 2.75) is 79.5 Å². The molecule has 6 aromatic heterocycles. The standard InChI is InChI=1S/C38H34N6O5S.C35H33N5O4S.C32H30N6O3/c39-16-12-37(45)43-18-14-31(15-19-43)49-36-11-8-28(24-29(36)26-40)33-13-17-41-38-34(33)25-35(44(38)50(46,47)32-4-2-1-3-5-32)27-6-9-30(10-7-27)42-20-22-48-23-21-42;36-24-27-22-26(8-11-34(27)44-29-12-15-37-16-13-29)31-14-17-38-35-32(31)23-33(40(35)45(41,42)30-4-2-1-3-5-30)25-6-9-28(10-7-25)39-18-20-43-21-19-39;33-11-7-31(39)38-13-9-26(10-14-38)41-30-6-3-23(19-24(30)21-34)27-8-12-35-32-28(27)20-29(36-32)22-1-4-25(5-2-22)37-15-17-40-18-16-37/h1-11,13,17,24-25,31H,12,14-15,18-23H2;1-11,14,17,22-23,29,37H,12-13,15-16,18-21H2;1-6,8,12,19-20,26H,7,9-10,13-18H2,(H,35,36). The van der Waals surface area contributed by atoms with Gasteiger partial charge in [0.25, 0.3) is 20.0 Å². The van der Waals surface area contributed by atoms with Gasteiger partial charge in [-0.15, -0.1) is 0 Å². The maximum atomic E-state index is 14.3. The number of amides is 2. The fourth-order valence-corrected chi connectivity index (χ4v) is 21.3. The third-order valence-electron chi connectivity index (χ3n) is 25.5. The van der Waals surface area contributed by atoms with Crippen LogP contribution in [0.1, 0.15) is 68.1 Å². The molecular formula is C105H97N17O12S2. The molecule has 136 heavy (non-hydrogen) atoms. The van der Waals surface area contributed by atoms with E-state index in [1.807, 2.05) is 133 Å². The number of carbonyl (C=O) groups is 2. The van der Waals surface area contributed by atoms with Crippen molar-refractivity contribution in [3.05, 3.63) is 260 Å². The fourth-order valence-electron chi connectivity index (χ4n) is 18.3. The second kappa shape index (κ2) is 41.5. The highest BCUT2D eigenvalue weighted by molar-refractivity contribution is 7.90. The lowest BCUT2D eigenvalue weighted by Gasteiger charge is -2.32. The Morgan fingerprint density at radius 2 is 0.713 bits per heavy atom. The number of benzene rings is 8. The van der Waals surface area contributed by atoms with Gasteiger partial charge >= 0.3 is 0 Å². The zero-order chi connectivity index (χ0) is 93.7. The summed E-state index contributed by atoms with van der Waals surface area (Å²) in [4.78, 5) is 51.8. The van der Waals surface area contributed by atoms with E-state index in [0.29, 0.717) is 151 Å². The van der Waals surface area contributed by atoms with Gasteiger partial charge < -0.3 is 63.2 Å². The summed E-state index contributed by atoms with van der Waals surface area (Å²) in [5.41, 5.74) is 15.3. The first-order valence-electron chi connectivity index (χ1n) is 45.6. The molecule has 0 saturated carbocycles. The Morgan fingerprint density at radius 3 is 1.07 bits per heavy atom. The normalized spacial score (nSPS) is 15.7. The Kier molecular flexibility index (Phi) is 27.8. The molecule has 0 radical (unpaired) electrons. The topological polar surface area (TPSA) is 369 Å². The first kappa shape index (κ1) is 91.3. The van der Waals surface area contributed by atoms with Crippen molar-refractivity contribution in [1.29, 1.82) is 26.3 Å². The molecule has 2 amide bonds. The molecule has 0 unspecified atom stereocenters. The van der Waals surface area contributed by atoms with Crippen molar-refractivity contribution < 1.29 is 54.8 Å². The van der Waals surface area contributed by atoms with Gasteiger partial charge in [0.2, 0.25) is 11.8 Å². The summed E-state index contributed by atoms with van der Waals surface area (Å²) < 4.78 is 94.8. The summed E-state index contributed by atoms with van der Waals surface area (Å²) in [6.45, 7) is 13.0. The monoisotopic (exact) mass is 1850 g/mol. The van der Waals surface area contributed by atoms with E-state index in [1.165, 1.54) is 13.6 Å². The van der Waals surface area contributed by atoms with E-state index in [9.17, 15) is 42.2 Å². The van der Waals surface area contributed by atoms with E-state index < -0.39 is 20.0 Å². The van der Waals surface area contributed by atoms with Gasteiger partial charge in [0.05, 0.1) is 89.6 Å². The first-order chi connectivity index (χ1) is 66.5. The van der Waals surface area contributed by atoms with Crippen LogP contribution in [0.25, 0.3) is 100 Å². The smallest absolute Gasteiger partial charge is 0.269 e. The summed E-state index contributed by atoms with van der Waals surface area (Å²) >= 11 is 0. The average Bonchev–Trinajstić information content (AvgIpc) is 1.59. The Bertz CT molecular complexity index is 7190. The minimum atomic E-state index is -4.06. The van der Waals surface area contributed by atoms with E-state index in [-0.39, 0.29) is 58.4 Å². The number of anilines is 3. The SMILES string of the molecule is N#CCC(=O)N1CCC(Oc2ccc(-c3ccnc4[nH]c(-c5ccc(N6CCOCC6)cc5)cc34)cc2C#N)CC1.N#CCC(=O)N1CCC(Oc2ccc(-c3ccnc4c3cc(-c3ccc(N5CCOCC5)cc3)n4S(=O)(=O)c3ccccc3)cc2C#N)CC1.N#Cc1cc(-c2ccnc3c2cc(-c2ccc(N4CCOCC4)cc2)n3S(=O)(=O)c2ccccc2)ccc1OC1CCNCC1. The second-order valence-electron chi connectivity index (χ2n) is 33.8. The molecule has 14 aromatic rings. The minimum Gasteiger partial charge on any atom is -0.489 e. The molecule has 8 aromatic carbocycles. The number of nitrogens with one attached hydrogen (secondary N) is 2. The summed E-state index contributed by atoms with van der Waals surface area (Å²) in [5.74, 6) is 1.21. The first-order valence-corrected chi connectivity index (χ1v) is 48.4. The van der Waals surface area contributed by atoms with Crippen molar-refractivity contribution in [2.24, 2.45) is 0 Å². The Labute approximate surface area is 788 Å². The van der Waals surface area contributed by atoms with Gasteiger partial charge in [0.1, 0.15) is 72.3 Å². The van der Waals surface area contributed by atoms with Gasteiger partial charge in [-0.05, 0) is 209 Å². The lowest BCUT2D eigenvalue weighted by molar-refractivity contribution is -0.132. The third-order valence-corrected chi connectivity index (χ3v) is 28.9. The molecule has 6 saturated heterocycles. The quantitative estimate of drug-likeness (QED) is 0.0674. The van der Waals surface area contributed by atoms with Crippen LogP contribution in [-0.4, -0.2) is 203 Å². The van der Waals surface area contributed by atoms with Crippen molar-refractivity contribution in [2.75, 3.05) is 133 Å². The van der Waals surface area contributed by atoms with Crippen LogP contribution in [-0.2, 0) is 43.8 Å². The molecule has 0 bridgehead atoms. The van der Waals surface area contributed by atoms with Crippen LogP contribution in [0.5, 0.6) is 17.2 Å². The third kappa shape index (κ3) is 19.9. The van der Waals surface area contributed by atoms with Crippen molar-refractivity contribution in [3.8, 4) is 115 Å². The summed E-state index contributed by atoms with van der Waals surface area (Å²) in [6.07, 6.45) is 8.80. The number of nitriles is 5. The Balaban J connectivity index is 0.000000137. The molecule has 20 rings (SSSR count). The molecule has 0 spiro atoms. The predicted octanol–water partition coefficient (Wildman–Crippen LogP) is 15.9. The number of fused-ring (bicyclic) bond motifs is 3. The number of aromatic amines is 1. The molecular weight excluding hydrogens is 1760 g/mol. The van der Waals surface area contributed by atoms with Crippen LogP contribution >= 0.6 is 0 Å². The number of piperidine rings is 3. The molecule has 29 nitrogen and oxygen atoms in total. The van der Waals surface area contributed by atoms with E-state index >= 15 is 0 Å². The van der Waals surface area contributed by atoms with E-state index in [4.69, 9.17) is 38.9 Å². The summed E-state index contributed by atoms with van der Waals surface area (Å²) in [6, 6.07) is 79.8. The number of hydrogen-bond donors (Lipinski definition) is 2. The molecule has 0 atom stereocenters. The van der Waals surface area contributed by atoms with Crippen LogP contribution < -0.4 is 34.2 Å². The number of pyridine rings is 3. The number of hydrogen-bond acceptors (Lipinski definition) is 24. The molecule has 6 aliphatic heterocycles. The van der Waals surface area contributed by atoms with Gasteiger partial charge in [-0.1, -0.05) is 91.0 Å². The average molecular weight is 1850 g/mol. The molecule has 12 heterocycles. The second-order valence-corrected chi connectivity index (χ2v) is 37.3. The highest BCUT2D eigenvalue weighted by atomic mass is 32.2. The molecule has 0 aliphatic carbocycles. The van der Waals surface area contributed by atoms with Gasteiger partial charge in [0.15, 0.2) is 11.3 Å². The molecule has 2 N–H and O–H groups in total. The highest BCUT2D eigenvalue weighted by Crippen LogP contribution is 2.43. The minimum absolute atomic E-state index is 0.0613. The number of ether oxygens (including phenoxy) is 6. The number of likely N-dealkylation sites (tertiary alicyclic amines) is 2. The van der Waals surface area contributed by atoms with Crippen LogP contribution in [0.2, 0.25) is 0 Å². The van der Waals surface area contributed by atoms with Crippen LogP contribution in [0, 0.1) is 56.7 Å². The summed E-state index contributed by atoms with van der Waals surface area (Å²) in [7, 11) is -8.08. The number of H-pyrrole nitrogens is 1.